The maximum Gasteiger partial charge on any atom is 0.425 e. The molecule has 0 spiro atoms. The average molecular weight is 1040 g/mol. The van der Waals surface area contributed by atoms with Crippen LogP contribution in [-0.2, 0) is 20.4 Å². The topological polar surface area (TPSA) is 182 Å². The maximum atomic E-state index is 18.2. The van der Waals surface area contributed by atoms with Crippen LogP contribution >= 0.6 is 11.3 Å². The van der Waals surface area contributed by atoms with E-state index in [1.807, 2.05) is 11.0 Å². The molecule has 3 atom stereocenters. The lowest BCUT2D eigenvalue weighted by Gasteiger charge is -2.33. The van der Waals surface area contributed by atoms with Crippen molar-refractivity contribution in [2.45, 2.75) is 129 Å². The number of ether oxygens (including phenoxy) is 5. The number of anilines is 3. The summed E-state index contributed by atoms with van der Waals surface area (Å²) in [4.78, 5) is 58.3. The Morgan fingerprint density at radius 3 is 2.27 bits per heavy atom. The first-order valence-corrected chi connectivity index (χ1v) is 24.2. The van der Waals surface area contributed by atoms with Crippen molar-refractivity contribution in [3.05, 3.63) is 58.8 Å². The number of rotatable bonds is 8. The predicted octanol–water partition coefficient (Wildman–Crippen LogP) is 12.0. The smallest absolute Gasteiger partial charge is 0.425 e. The summed E-state index contributed by atoms with van der Waals surface area (Å²) in [5.41, 5.74) is -8.49. The van der Waals surface area contributed by atoms with Gasteiger partial charge in [0.05, 0.1) is 33.8 Å². The van der Waals surface area contributed by atoms with Crippen molar-refractivity contribution in [1.82, 2.24) is 19.9 Å². The molecule has 2 fully saturated rings. The number of nitrogens with zero attached hydrogens (tertiary/aromatic N) is 7. The van der Waals surface area contributed by atoms with Gasteiger partial charge in [0, 0.05) is 35.7 Å². The van der Waals surface area contributed by atoms with Crippen LogP contribution in [0, 0.1) is 23.0 Å². The molecule has 1 N–H and O–H groups in total. The Morgan fingerprint density at radius 1 is 0.973 bits per heavy atom. The highest BCUT2D eigenvalue weighted by Gasteiger charge is 2.50. The number of benzene rings is 2. The van der Waals surface area contributed by atoms with Gasteiger partial charge in [0.25, 0.3) is 0 Å². The van der Waals surface area contributed by atoms with Gasteiger partial charge in [-0.05, 0) is 106 Å². The van der Waals surface area contributed by atoms with Crippen LogP contribution in [0.25, 0.3) is 32.1 Å². The molecule has 2 aromatic carbocycles. The third-order valence-corrected chi connectivity index (χ3v) is 13.4. The van der Waals surface area contributed by atoms with E-state index >= 15 is 22.0 Å². The normalized spacial score (nSPS) is 18.7. The second-order valence-corrected chi connectivity index (χ2v) is 22.1. The Hall–Kier alpha value is -6.67. The molecule has 5 aromatic rings. The number of carbonyl (C=O) groups is 3. The third-order valence-electron chi connectivity index (χ3n) is 12.3. The van der Waals surface area contributed by atoms with Crippen LogP contribution in [0.5, 0.6) is 11.8 Å². The first-order valence-electron chi connectivity index (χ1n) is 23.4. The van der Waals surface area contributed by atoms with Crippen LogP contribution in [0.2, 0.25) is 0 Å². The fourth-order valence-corrected chi connectivity index (χ4v) is 10.6. The summed E-state index contributed by atoms with van der Waals surface area (Å²) in [5, 5.41) is 11.6. The summed E-state index contributed by atoms with van der Waals surface area (Å²) >= 11 is 0.535. The fraction of sp³-hybridized carbons (Fsp3) is 0.500. The summed E-state index contributed by atoms with van der Waals surface area (Å²) in [7, 11) is 0. The van der Waals surface area contributed by atoms with Crippen LogP contribution in [0.4, 0.5) is 57.4 Å². The van der Waals surface area contributed by atoms with Gasteiger partial charge in [-0.3, -0.25) is 10.2 Å². The first kappa shape index (κ1) is 52.6. The van der Waals surface area contributed by atoms with Crippen molar-refractivity contribution in [2.24, 2.45) is 0 Å². The maximum absolute atomic E-state index is 18.2. The number of pyridine rings is 1. The van der Waals surface area contributed by atoms with Crippen LogP contribution in [-0.4, -0.2) is 99.5 Å². The fourth-order valence-electron chi connectivity index (χ4n) is 9.50. The molecule has 0 saturated carbocycles. The third kappa shape index (κ3) is 10.5. The molecule has 3 aliphatic rings. The summed E-state index contributed by atoms with van der Waals surface area (Å²) < 4.78 is 126. The zero-order valence-corrected chi connectivity index (χ0v) is 42.6. The zero-order chi connectivity index (χ0) is 53.3. The molecule has 6 heterocycles. The molecule has 0 unspecified atom stereocenters. The Morgan fingerprint density at radius 2 is 1.64 bits per heavy atom. The molecule has 73 heavy (non-hydrogen) atoms. The van der Waals surface area contributed by atoms with Gasteiger partial charge in [-0.25, -0.2) is 32.5 Å². The molecule has 2 saturated heterocycles. The average Bonchev–Trinajstić information content (AvgIpc) is 3.88. The number of fused-ring (bicyclic) bond motifs is 2. The lowest BCUT2D eigenvalue weighted by Crippen LogP contribution is -2.45. The largest absolute Gasteiger partial charge is 0.490 e. The quantitative estimate of drug-likeness (QED) is 0.114. The number of hydrogen-bond donors (Lipinski definition) is 1. The number of thiophene rings is 1. The Bertz CT molecular complexity index is 3040. The van der Waals surface area contributed by atoms with Gasteiger partial charge in [-0.15, -0.1) is 11.3 Å². The Labute approximate surface area is 420 Å². The van der Waals surface area contributed by atoms with Gasteiger partial charge in [0.2, 0.25) is 0 Å². The highest BCUT2D eigenvalue weighted by Crippen LogP contribution is 2.54. The van der Waals surface area contributed by atoms with Crippen molar-refractivity contribution in [3.63, 3.8) is 0 Å². The van der Waals surface area contributed by atoms with Crippen molar-refractivity contribution < 1.29 is 64.4 Å². The molecule has 0 bridgehead atoms. The van der Waals surface area contributed by atoms with E-state index in [0.29, 0.717) is 29.2 Å². The number of aromatic nitrogens is 3. The number of nitriles is 1. The van der Waals surface area contributed by atoms with Gasteiger partial charge in [-0.1, -0.05) is 12.1 Å². The monoisotopic (exact) mass is 1040 g/mol. The molecule has 3 aliphatic heterocycles. The lowest BCUT2D eigenvalue weighted by molar-refractivity contribution is -0.138. The first-order chi connectivity index (χ1) is 34.0. The minimum atomic E-state index is -5.43. The summed E-state index contributed by atoms with van der Waals surface area (Å²) in [6.07, 6.45) is -7.25. The van der Waals surface area contributed by atoms with Crippen LogP contribution in [0.15, 0.2) is 30.5 Å². The molecule has 3 aromatic heterocycles. The Balaban J connectivity index is 1.37. The van der Waals surface area contributed by atoms with Crippen molar-refractivity contribution in [3.8, 4) is 29.0 Å². The molecule has 0 aliphatic carbocycles. The van der Waals surface area contributed by atoms with E-state index in [4.69, 9.17) is 23.7 Å². The predicted molar refractivity (Wildman–Crippen MR) is 259 cm³/mol. The minimum Gasteiger partial charge on any atom is -0.490 e. The highest BCUT2D eigenvalue weighted by atomic mass is 32.1. The molecular formula is C50H54F6N8O8S. The zero-order valence-electron chi connectivity index (χ0n) is 41.8. The van der Waals surface area contributed by atoms with Crippen molar-refractivity contribution >= 4 is 67.2 Å². The van der Waals surface area contributed by atoms with E-state index in [1.54, 1.807) is 69.2 Å². The van der Waals surface area contributed by atoms with Crippen LogP contribution in [0.1, 0.15) is 111 Å². The van der Waals surface area contributed by atoms with Gasteiger partial charge in [-0.2, -0.15) is 33.3 Å². The summed E-state index contributed by atoms with van der Waals surface area (Å²) in [6, 6.07) is 4.98. The molecule has 0 radical (unpaired) electrons. The number of halogens is 6. The highest BCUT2D eigenvalue weighted by molar-refractivity contribution is 7.23. The standard InChI is InChI=1S/C50H54F6N8O8S/c1-25(27-13-11-17-58-39(27)64(44(66)71-47(5,6)7)45(67)72-48(8,9)10)63-19-20-68-37-33-36(59-42(60-40(33)63)69-24-49-16-12-18-62(49)23-26(51)21-49)35(53)32(34(37)50(54,55)56)28-14-15-30(52)38-31(28)29(22-57)41(73-38)61-43(65)70-46(2,3)4/h11,13-15,17,25-26H,12,16,18-21,23-24H2,1-10H3,(H,61,65)/t25-,26-,49+/m1/s1. The van der Waals surface area contributed by atoms with Crippen molar-refractivity contribution in [1.29, 1.82) is 5.26 Å². The van der Waals surface area contributed by atoms with Gasteiger partial charge in [0.15, 0.2) is 11.6 Å². The lowest BCUT2D eigenvalue weighted by atomic mass is 9.91. The number of amides is 3. The molecule has 8 rings (SSSR count). The van der Waals surface area contributed by atoms with Gasteiger partial charge < -0.3 is 28.6 Å². The molecular weight excluding hydrogens is 987 g/mol. The van der Waals surface area contributed by atoms with E-state index in [-0.39, 0.29) is 53.0 Å². The number of carbonyl (C=O) groups excluding carboxylic acids is 3. The number of imide groups is 1. The van der Waals surface area contributed by atoms with E-state index in [2.05, 4.69) is 20.3 Å². The second kappa shape index (κ2) is 19.0. The molecule has 23 heteroatoms. The second-order valence-electron chi connectivity index (χ2n) is 21.1. The summed E-state index contributed by atoms with van der Waals surface area (Å²) in [6.45, 7) is 15.6. The molecule has 16 nitrogen and oxygen atoms in total. The van der Waals surface area contributed by atoms with Gasteiger partial charge >= 0.3 is 30.5 Å². The van der Waals surface area contributed by atoms with Gasteiger partial charge in [0.1, 0.15) is 75.7 Å². The number of hydrogen-bond acceptors (Lipinski definition) is 15. The summed E-state index contributed by atoms with van der Waals surface area (Å²) in [5.74, 6) is -4.09. The van der Waals surface area contributed by atoms with Crippen molar-refractivity contribution in [2.75, 3.05) is 48.0 Å². The van der Waals surface area contributed by atoms with Crippen LogP contribution in [0.3, 0.4) is 0 Å². The molecule has 3 amide bonds. The van der Waals surface area contributed by atoms with Crippen LogP contribution < -0.4 is 24.6 Å². The minimum absolute atomic E-state index is 0.116. The SMILES string of the molecule is C[C@H](c1cccnc1N(C(=O)OC(C)(C)C)C(=O)OC(C)(C)C)N1CCOc2c(C(F)(F)F)c(-c3ccc(F)c4sc(NC(=O)OC(C)(C)C)c(C#N)c34)c(F)c3nc(OC[C@@]45CCCN4C[C@H](F)C5)nc1c23. The van der Waals surface area contributed by atoms with E-state index in [0.717, 1.165) is 18.6 Å². The number of nitrogens with one attached hydrogen (secondary N) is 1. The van der Waals surface area contributed by atoms with E-state index in [1.165, 1.54) is 23.2 Å². The van der Waals surface area contributed by atoms with E-state index in [9.17, 15) is 24.0 Å². The Kier molecular flexibility index (Phi) is 13.7. The molecule has 390 valence electrons. The number of alkyl halides is 4. The van der Waals surface area contributed by atoms with E-state index < -0.39 is 128 Å².